The van der Waals surface area contributed by atoms with E-state index in [-0.39, 0.29) is 11.5 Å². The first-order valence-electron chi connectivity index (χ1n) is 8.18. The van der Waals surface area contributed by atoms with Crippen molar-refractivity contribution in [3.05, 3.63) is 35.4 Å². The number of piperidine rings is 1. The van der Waals surface area contributed by atoms with E-state index < -0.39 is 0 Å². The van der Waals surface area contributed by atoms with Gasteiger partial charge in [0.2, 0.25) is 0 Å². The predicted octanol–water partition coefficient (Wildman–Crippen LogP) is 3.04. The molecule has 2 heterocycles. The van der Waals surface area contributed by atoms with Crippen LogP contribution in [-0.2, 0) is 16.0 Å². The molecule has 3 rings (SSSR count). The zero-order chi connectivity index (χ0) is 14.7. The molecule has 1 fully saturated rings. The Morgan fingerprint density at radius 1 is 1.33 bits per heavy atom. The van der Waals surface area contributed by atoms with Crippen molar-refractivity contribution in [1.29, 1.82) is 0 Å². The summed E-state index contributed by atoms with van der Waals surface area (Å²) in [7, 11) is 0. The number of hydrogen-bond donors (Lipinski definition) is 1. The highest BCUT2D eigenvalue weighted by Gasteiger charge is 2.39. The molecule has 114 valence electrons. The van der Waals surface area contributed by atoms with Gasteiger partial charge in [-0.15, -0.1) is 0 Å². The summed E-state index contributed by atoms with van der Waals surface area (Å²) >= 11 is 0. The summed E-state index contributed by atoms with van der Waals surface area (Å²) in [5.74, 6) is 0.396. The minimum absolute atomic E-state index is 0.0410. The fourth-order valence-electron chi connectivity index (χ4n) is 3.77. The van der Waals surface area contributed by atoms with Crippen LogP contribution in [0.15, 0.2) is 24.3 Å². The maximum atomic E-state index is 12.9. The van der Waals surface area contributed by atoms with E-state index in [1.54, 1.807) is 0 Å². The fraction of sp³-hybridized carbons (Fsp3) is 0.611. The van der Waals surface area contributed by atoms with Crippen molar-refractivity contribution < 1.29 is 9.53 Å². The van der Waals surface area contributed by atoms with Gasteiger partial charge in [0.25, 0.3) is 0 Å². The average molecular weight is 287 g/mol. The Bertz CT molecular complexity index is 506. The first kappa shape index (κ1) is 14.7. The molecule has 1 aromatic carbocycles. The molecule has 1 atom stereocenters. The largest absolute Gasteiger partial charge is 0.373 e. The standard InChI is InChI=1S/C18H25NO2/c1-2-18(8-10-19-11-9-18)17(20)13-16-15-6-4-3-5-14(15)7-12-21-16/h3-6,16,19H,2,7-13H2,1H3. The number of carbonyl (C=O) groups excluding carboxylic acids is 1. The van der Waals surface area contributed by atoms with Crippen LogP contribution in [0.1, 0.15) is 49.8 Å². The summed E-state index contributed by atoms with van der Waals surface area (Å²) in [6.07, 6.45) is 4.34. The number of Topliss-reactive ketones (excluding diaryl/α,β-unsaturated/α-hetero) is 1. The van der Waals surface area contributed by atoms with Crippen LogP contribution in [0.25, 0.3) is 0 Å². The van der Waals surface area contributed by atoms with Gasteiger partial charge in [-0.1, -0.05) is 31.2 Å². The van der Waals surface area contributed by atoms with Gasteiger partial charge in [-0.05, 0) is 49.9 Å². The average Bonchev–Trinajstić information content (AvgIpc) is 2.56. The molecule has 2 aliphatic rings. The summed E-state index contributed by atoms with van der Waals surface area (Å²) in [5, 5.41) is 3.36. The lowest BCUT2D eigenvalue weighted by molar-refractivity contribution is -0.134. The number of ketones is 1. The Hall–Kier alpha value is -1.19. The van der Waals surface area contributed by atoms with Gasteiger partial charge in [-0.2, -0.15) is 0 Å². The van der Waals surface area contributed by atoms with Crippen LogP contribution in [0.5, 0.6) is 0 Å². The van der Waals surface area contributed by atoms with Crippen molar-refractivity contribution in [2.24, 2.45) is 5.41 Å². The summed E-state index contributed by atoms with van der Waals surface area (Å²) < 4.78 is 5.92. The van der Waals surface area contributed by atoms with Gasteiger partial charge in [-0.3, -0.25) is 4.79 Å². The number of benzene rings is 1. The molecule has 1 saturated heterocycles. The Morgan fingerprint density at radius 2 is 2.10 bits per heavy atom. The third-order valence-corrected chi connectivity index (χ3v) is 5.29. The number of rotatable bonds is 4. The molecule has 0 bridgehead atoms. The zero-order valence-electron chi connectivity index (χ0n) is 12.9. The molecule has 1 unspecified atom stereocenters. The zero-order valence-corrected chi connectivity index (χ0v) is 12.9. The summed E-state index contributed by atoms with van der Waals surface area (Å²) in [6, 6.07) is 8.40. The molecule has 2 aliphatic heterocycles. The summed E-state index contributed by atoms with van der Waals surface area (Å²) in [5.41, 5.74) is 2.44. The second kappa shape index (κ2) is 6.29. The van der Waals surface area contributed by atoms with E-state index in [1.165, 1.54) is 11.1 Å². The lowest BCUT2D eigenvalue weighted by atomic mass is 9.71. The third-order valence-electron chi connectivity index (χ3n) is 5.29. The van der Waals surface area contributed by atoms with Gasteiger partial charge in [0.1, 0.15) is 5.78 Å². The normalized spacial score (nSPS) is 24.3. The van der Waals surface area contributed by atoms with E-state index >= 15 is 0 Å². The summed E-state index contributed by atoms with van der Waals surface area (Å²) in [6.45, 7) is 4.80. The number of nitrogens with one attached hydrogen (secondary N) is 1. The minimum atomic E-state index is -0.124. The van der Waals surface area contributed by atoms with E-state index in [1.807, 2.05) is 6.07 Å². The van der Waals surface area contributed by atoms with Gasteiger partial charge in [0, 0.05) is 11.8 Å². The Morgan fingerprint density at radius 3 is 2.86 bits per heavy atom. The number of hydrogen-bond acceptors (Lipinski definition) is 3. The third kappa shape index (κ3) is 2.90. The Balaban J connectivity index is 1.76. The van der Waals surface area contributed by atoms with Crippen molar-refractivity contribution in [3.63, 3.8) is 0 Å². The first-order valence-corrected chi connectivity index (χ1v) is 8.18. The number of ether oxygens (including phenoxy) is 1. The van der Waals surface area contributed by atoms with Gasteiger partial charge < -0.3 is 10.1 Å². The topological polar surface area (TPSA) is 38.3 Å². The van der Waals surface area contributed by atoms with Gasteiger partial charge >= 0.3 is 0 Å². The Kier molecular flexibility index (Phi) is 4.41. The minimum Gasteiger partial charge on any atom is -0.373 e. The molecule has 0 radical (unpaired) electrons. The van der Waals surface area contributed by atoms with E-state index in [9.17, 15) is 4.79 Å². The van der Waals surface area contributed by atoms with Crippen molar-refractivity contribution in [2.45, 2.75) is 45.1 Å². The lowest BCUT2D eigenvalue weighted by Gasteiger charge is -2.37. The molecule has 0 saturated carbocycles. The second-order valence-corrected chi connectivity index (χ2v) is 6.32. The van der Waals surface area contributed by atoms with Crippen molar-refractivity contribution in [2.75, 3.05) is 19.7 Å². The van der Waals surface area contributed by atoms with Gasteiger partial charge in [0.15, 0.2) is 0 Å². The van der Waals surface area contributed by atoms with Gasteiger partial charge in [0.05, 0.1) is 12.7 Å². The maximum Gasteiger partial charge on any atom is 0.142 e. The van der Waals surface area contributed by atoms with Crippen LogP contribution in [-0.4, -0.2) is 25.5 Å². The molecule has 0 amide bonds. The Labute approximate surface area is 127 Å². The van der Waals surface area contributed by atoms with Crippen LogP contribution in [0.4, 0.5) is 0 Å². The van der Waals surface area contributed by atoms with Crippen molar-refractivity contribution >= 4 is 5.78 Å². The molecule has 21 heavy (non-hydrogen) atoms. The van der Waals surface area contributed by atoms with Gasteiger partial charge in [-0.25, -0.2) is 0 Å². The highest BCUT2D eigenvalue weighted by Crippen LogP contribution is 2.38. The fourth-order valence-corrected chi connectivity index (χ4v) is 3.77. The smallest absolute Gasteiger partial charge is 0.142 e. The first-order chi connectivity index (χ1) is 10.2. The van der Waals surface area contributed by atoms with Crippen molar-refractivity contribution in [1.82, 2.24) is 5.32 Å². The quantitative estimate of drug-likeness (QED) is 0.925. The molecule has 3 heteroatoms. The molecule has 0 spiro atoms. The number of fused-ring (bicyclic) bond motifs is 1. The molecule has 0 aliphatic carbocycles. The molecule has 0 aromatic heterocycles. The molecule has 3 nitrogen and oxygen atoms in total. The van der Waals surface area contributed by atoms with E-state index in [4.69, 9.17) is 4.74 Å². The highest BCUT2D eigenvalue weighted by molar-refractivity contribution is 5.85. The summed E-state index contributed by atoms with van der Waals surface area (Å²) in [4.78, 5) is 12.9. The molecule has 1 N–H and O–H groups in total. The molecule has 1 aromatic rings. The maximum absolute atomic E-state index is 12.9. The van der Waals surface area contributed by atoms with E-state index in [0.717, 1.165) is 45.4 Å². The van der Waals surface area contributed by atoms with Crippen LogP contribution in [0, 0.1) is 5.41 Å². The lowest BCUT2D eigenvalue weighted by Crippen LogP contribution is -2.42. The SMILES string of the molecule is CCC1(C(=O)CC2OCCc3ccccc32)CCNCC1. The number of carbonyl (C=O) groups is 1. The van der Waals surface area contributed by atoms with Crippen LogP contribution >= 0.6 is 0 Å². The predicted molar refractivity (Wildman–Crippen MR) is 83.3 cm³/mol. The van der Waals surface area contributed by atoms with Crippen molar-refractivity contribution in [3.8, 4) is 0 Å². The van der Waals surface area contributed by atoms with Crippen LogP contribution < -0.4 is 5.32 Å². The monoisotopic (exact) mass is 287 g/mol. The van der Waals surface area contributed by atoms with E-state index in [2.05, 4.69) is 30.4 Å². The van der Waals surface area contributed by atoms with E-state index in [0.29, 0.717) is 12.2 Å². The highest BCUT2D eigenvalue weighted by atomic mass is 16.5. The molecular weight excluding hydrogens is 262 g/mol. The van der Waals surface area contributed by atoms with Crippen LogP contribution in [0.2, 0.25) is 0 Å². The molecular formula is C18H25NO2. The second-order valence-electron chi connectivity index (χ2n) is 6.32. The van der Waals surface area contributed by atoms with Crippen LogP contribution in [0.3, 0.4) is 0 Å².